The zero-order valence-electron chi connectivity index (χ0n) is 46.9. The number of aromatic nitrogens is 4. The van der Waals surface area contributed by atoms with Crippen LogP contribution in [0.4, 0.5) is 45.8 Å². The van der Waals surface area contributed by atoms with E-state index in [9.17, 15) is 26.4 Å². The SMILES string of the molecule is CC1=C/C(=C(\c2cccc(C)c2)c2ccc(N)c(C)c2)C=CC1=N.Cc1cc(NS(=O)(=O)c2ccc(N=Nc3cc(N=Nc4ccc(S(=O)(=O)Nc5cc(C)nc(C)n5)cc4)c4c(NC(=O)C(Cl)Cl)cccc4c3OC(=O)C(Cl)Cl)cc2)nc(C)n1. The van der Waals surface area contributed by atoms with Gasteiger partial charge in [0.05, 0.1) is 38.3 Å². The third-order valence-electron chi connectivity index (χ3n) is 12.5. The van der Waals surface area contributed by atoms with E-state index in [1.54, 1.807) is 27.7 Å². The number of nitrogens with two attached hydrogens (primary N) is 1. The summed E-state index contributed by atoms with van der Waals surface area (Å²) in [5, 5.41) is 28.1. The van der Waals surface area contributed by atoms with Crippen LogP contribution in [0.15, 0.2) is 187 Å². The summed E-state index contributed by atoms with van der Waals surface area (Å²) < 4.78 is 63.0. The predicted octanol–water partition coefficient (Wildman–Crippen LogP) is 14.8. The number of benzene rings is 6. The molecule has 0 radical (unpaired) electrons. The van der Waals surface area contributed by atoms with Gasteiger partial charge >= 0.3 is 5.97 Å². The molecule has 9 rings (SSSR count). The number of nitrogens with zero attached hydrogens (tertiary/aromatic N) is 8. The molecule has 1 aliphatic rings. The Morgan fingerprint density at radius 2 is 1.15 bits per heavy atom. The molecule has 1 aliphatic carbocycles. The van der Waals surface area contributed by atoms with Gasteiger partial charge in [0.2, 0.25) is 4.84 Å². The number of amides is 1. The average molecular weight is 1270 g/mol. The van der Waals surface area contributed by atoms with E-state index in [2.05, 4.69) is 105 Å². The minimum Gasteiger partial charge on any atom is -0.421 e. The zero-order valence-corrected chi connectivity index (χ0v) is 51.5. The summed E-state index contributed by atoms with van der Waals surface area (Å²) in [6.45, 7) is 12.8. The van der Waals surface area contributed by atoms with Gasteiger partial charge in [-0.3, -0.25) is 14.2 Å². The number of alkyl halides is 4. The largest absolute Gasteiger partial charge is 0.421 e. The molecule has 20 nitrogen and oxygen atoms in total. The van der Waals surface area contributed by atoms with Crippen LogP contribution in [0, 0.1) is 47.0 Å². The maximum Gasteiger partial charge on any atom is 0.344 e. The molecule has 0 saturated heterocycles. The maximum absolute atomic E-state index is 13.2. The zero-order chi connectivity index (χ0) is 62.2. The van der Waals surface area contributed by atoms with Crippen molar-refractivity contribution < 1.29 is 31.2 Å². The van der Waals surface area contributed by atoms with Crippen LogP contribution in [-0.4, -0.2) is 64.0 Å². The second-order valence-corrected chi connectivity index (χ2v) is 24.9. The molecule has 440 valence electrons. The van der Waals surface area contributed by atoms with Crippen molar-refractivity contribution in [2.45, 2.75) is 67.9 Å². The third-order valence-corrected chi connectivity index (χ3v) is 16.0. The molecular weight excluding hydrogens is 1220 g/mol. The first-order chi connectivity index (χ1) is 40.7. The van der Waals surface area contributed by atoms with Gasteiger partial charge < -0.3 is 21.2 Å². The Hall–Kier alpha value is -8.77. The minimum atomic E-state index is -4.06. The summed E-state index contributed by atoms with van der Waals surface area (Å²) in [6, 6.07) is 34.3. The highest BCUT2D eigenvalue weighted by Crippen LogP contribution is 2.46. The van der Waals surface area contributed by atoms with Crippen LogP contribution in [0.25, 0.3) is 16.3 Å². The van der Waals surface area contributed by atoms with Crippen molar-refractivity contribution >= 4 is 146 Å². The number of anilines is 4. The first-order valence-electron chi connectivity index (χ1n) is 25.8. The fraction of sp³-hybridized carbons (Fsp3) is 0.150. The number of nitrogens with one attached hydrogen (secondary N) is 4. The number of esters is 1. The average Bonchev–Trinajstić information content (AvgIpc) is 0.940. The van der Waals surface area contributed by atoms with Crippen molar-refractivity contribution in [1.29, 1.82) is 5.41 Å². The lowest BCUT2D eigenvalue weighted by Gasteiger charge is -2.17. The van der Waals surface area contributed by atoms with Gasteiger partial charge in [0.25, 0.3) is 26.0 Å². The van der Waals surface area contributed by atoms with Crippen LogP contribution < -0.4 is 25.2 Å². The first kappa shape index (κ1) is 63.3. The highest BCUT2D eigenvalue weighted by molar-refractivity contribution is 7.93. The minimum absolute atomic E-state index is 0.0363. The second kappa shape index (κ2) is 27.1. The van der Waals surface area contributed by atoms with Crippen LogP contribution in [0.2, 0.25) is 0 Å². The van der Waals surface area contributed by atoms with Crippen molar-refractivity contribution in [2.24, 2.45) is 20.5 Å². The number of carbonyl (C=O) groups excluding carboxylic acids is 2. The Morgan fingerprint density at radius 3 is 1.66 bits per heavy atom. The van der Waals surface area contributed by atoms with Crippen LogP contribution in [0.1, 0.15) is 52.2 Å². The fourth-order valence-corrected chi connectivity index (χ4v) is 10.8. The van der Waals surface area contributed by atoms with Gasteiger partial charge in [0.1, 0.15) is 29.0 Å². The number of azo groups is 2. The Bertz CT molecular complexity index is 4350. The molecule has 86 heavy (non-hydrogen) atoms. The smallest absolute Gasteiger partial charge is 0.344 e. The van der Waals surface area contributed by atoms with Crippen molar-refractivity contribution in [3.63, 3.8) is 0 Å². The van der Waals surface area contributed by atoms with Gasteiger partial charge in [0, 0.05) is 40.0 Å². The molecular formula is C60H53Cl4N13O7S2. The number of sulfonamides is 2. The van der Waals surface area contributed by atoms with Gasteiger partial charge in [-0.25, -0.2) is 41.6 Å². The molecule has 0 aliphatic heterocycles. The number of nitrogen functional groups attached to an aromatic ring is 1. The molecule has 0 atom stereocenters. The summed E-state index contributed by atoms with van der Waals surface area (Å²) in [7, 11) is -8.12. The molecule has 2 heterocycles. The maximum atomic E-state index is 13.2. The molecule has 0 unspecified atom stereocenters. The Labute approximate surface area is 516 Å². The van der Waals surface area contributed by atoms with E-state index in [4.69, 9.17) is 62.3 Å². The number of rotatable bonds is 16. The van der Waals surface area contributed by atoms with E-state index in [0.29, 0.717) is 28.7 Å². The lowest BCUT2D eigenvalue weighted by Crippen LogP contribution is -2.19. The van der Waals surface area contributed by atoms with Crippen molar-refractivity contribution in [1.82, 2.24) is 19.9 Å². The number of carbonyl (C=O) groups is 2. The summed E-state index contributed by atoms with van der Waals surface area (Å²) in [6.07, 6.45) is 5.98. The van der Waals surface area contributed by atoms with Gasteiger partial charge in [0.15, 0.2) is 10.6 Å². The fourth-order valence-electron chi connectivity index (χ4n) is 8.61. The number of halogens is 4. The second-order valence-electron chi connectivity index (χ2n) is 19.3. The normalized spacial score (nSPS) is 13.2. The van der Waals surface area contributed by atoms with Crippen LogP contribution in [0.3, 0.4) is 0 Å². The molecule has 6 N–H and O–H groups in total. The monoisotopic (exact) mass is 1270 g/mol. The summed E-state index contributed by atoms with van der Waals surface area (Å²) >= 11 is 23.4. The van der Waals surface area contributed by atoms with Crippen molar-refractivity contribution in [3.05, 3.63) is 202 Å². The van der Waals surface area contributed by atoms with Gasteiger partial charge in [-0.05, 0) is 167 Å². The van der Waals surface area contributed by atoms with E-state index in [1.165, 1.54) is 102 Å². The van der Waals surface area contributed by atoms with Crippen molar-refractivity contribution in [2.75, 3.05) is 20.5 Å². The van der Waals surface area contributed by atoms with Crippen LogP contribution in [-0.2, 0) is 29.6 Å². The molecule has 26 heteroatoms. The van der Waals surface area contributed by atoms with Crippen molar-refractivity contribution in [3.8, 4) is 5.75 Å². The Kier molecular flexibility index (Phi) is 19.9. The third kappa shape index (κ3) is 15.9. The highest BCUT2D eigenvalue weighted by Gasteiger charge is 2.25. The molecule has 8 aromatic rings. The quantitative estimate of drug-likeness (QED) is 0.0198. The molecule has 0 bridgehead atoms. The highest BCUT2D eigenvalue weighted by atomic mass is 35.5. The summed E-state index contributed by atoms with van der Waals surface area (Å²) in [5.74, 6) is -1.13. The molecule has 2 aromatic heterocycles. The molecule has 6 aromatic carbocycles. The lowest BCUT2D eigenvalue weighted by atomic mass is 9.88. The Morgan fingerprint density at radius 1 is 0.605 bits per heavy atom. The number of hydrogen-bond acceptors (Lipinski definition) is 17. The first-order valence-corrected chi connectivity index (χ1v) is 30.5. The number of fused-ring (bicyclic) bond motifs is 1. The predicted molar refractivity (Wildman–Crippen MR) is 338 cm³/mol. The van der Waals surface area contributed by atoms with Crippen LogP contribution in [0.5, 0.6) is 5.75 Å². The molecule has 0 saturated carbocycles. The van der Waals surface area contributed by atoms with Crippen LogP contribution >= 0.6 is 46.4 Å². The van der Waals surface area contributed by atoms with Gasteiger partial charge in [-0.2, -0.15) is 10.2 Å². The lowest BCUT2D eigenvalue weighted by molar-refractivity contribution is -0.132. The molecule has 0 fully saturated rings. The molecule has 1 amide bonds. The van der Waals surface area contributed by atoms with E-state index in [1.807, 2.05) is 32.1 Å². The number of allylic oxidation sites excluding steroid dienone is 5. The summed E-state index contributed by atoms with van der Waals surface area (Å²) in [5.41, 5.74) is 16.8. The van der Waals surface area contributed by atoms with E-state index >= 15 is 0 Å². The number of aryl methyl sites for hydroxylation is 6. The Balaban J connectivity index is 0.000000332. The topological polar surface area (TPSA) is 299 Å². The standard InChI is InChI=1S/C38H31Cl4N11O7S2.C22H22N2/c1-19-16-31(45-21(3)43-19)52-61(56,57)25-12-8-23(9-13-25)48-50-29-18-30(34(60-38(55)36(41)42)27-6-5-7-28(33(27)29)47-37(54)35(39)40)51-49-24-10-14-26(15-11-24)62(58,59)53-32-17-20(2)44-22(4)46-32;1-14-5-4-6-17(11-14)22(18-7-9-20(23)15(2)12-18)19-8-10-21(24)16(3)13-19/h5-18,35-36H,1-4H3,(H,47,54)(H,43,45,52)(H,44,46,53);4-13,23H,24H2,1-3H3/b;22-18+,23-20?. The molecule has 0 spiro atoms. The van der Waals surface area contributed by atoms with E-state index in [-0.39, 0.29) is 66.4 Å². The summed E-state index contributed by atoms with van der Waals surface area (Å²) in [4.78, 5) is 38.8. The number of ether oxygens (including phenoxy) is 1. The van der Waals surface area contributed by atoms with Gasteiger partial charge in [-0.15, -0.1) is 10.2 Å². The van der Waals surface area contributed by atoms with Gasteiger partial charge in [-0.1, -0.05) is 101 Å². The van der Waals surface area contributed by atoms with E-state index in [0.717, 1.165) is 28.0 Å². The van der Waals surface area contributed by atoms with E-state index < -0.39 is 41.6 Å². The number of hydrogen-bond donors (Lipinski definition) is 5.